The highest BCUT2D eigenvalue weighted by molar-refractivity contribution is 5.69. The van der Waals surface area contributed by atoms with Crippen LogP contribution in [0, 0.1) is 0 Å². The number of rotatable bonds is 8. The Kier molecular flexibility index (Phi) is 8.00. The summed E-state index contributed by atoms with van der Waals surface area (Å²) in [4.78, 5) is 11.0. The van der Waals surface area contributed by atoms with E-state index in [9.17, 15) is 25.2 Å². The van der Waals surface area contributed by atoms with Gasteiger partial charge in [0.1, 0.15) is 24.4 Å². The second-order valence-corrected chi connectivity index (χ2v) is 3.85. The largest absolute Gasteiger partial charge is 0.433 e. The zero-order valence-electron chi connectivity index (χ0n) is 10.0. The predicted molar refractivity (Wildman–Crippen MR) is 58.1 cm³/mol. The van der Waals surface area contributed by atoms with Crippen LogP contribution in [0.15, 0.2) is 0 Å². The fourth-order valence-electron chi connectivity index (χ4n) is 1.17. The quantitative estimate of drug-likeness (QED) is 0.203. The number of carbonyl (C=O) groups excluding carboxylic acids is 1. The Morgan fingerprint density at radius 3 is 2.06 bits per heavy atom. The molecule has 1 unspecified atom stereocenters. The molecule has 0 saturated carbocycles. The maximum absolute atomic E-state index is 11.0. The van der Waals surface area contributed by atoms with Gasteiger partial charge in [-0.3, -0.25) is 4.79 Å². The minimum atomic E-state index is -2.03. The SMILES string of the molecule is CCCC(=O)OC(O)[C@H](O)[C@@H](O)[C@H](O)[C@H](O)CO. The Balaban J connectivity index is 4.35. The van der Waals surface area contributed by atoms with E-state index < -0.39 is 43.3 Å². The van der Waals surface area contributed by atoms with Gasteiger partial charge in [-0.25, -0.2) is 0 Å². The average Bonchev–Trinajstić information content (AvgIpc) is 2.35. The molecule has 0 radical (unpaired) electrons. The lowest BCUT2D eigenvalue weighted by molar-refractivity contribution is -0.213. The van der Waals surface area contributed by atoms with Crippen LogP contribution in [0.25, 0.3) is 0 Å². The van der Waals surface area contributed by atoms with Gasteiger partial charge in [-0.2, -0.15) is 0 Å². The number of hydrogen-bond acceptors (Lipinski definition) is 8. The lowest BCUT2D eigenvalue weighted by atomic mass is 10.0. The van der Waals surface area contributed by atoms with Gasteiger partial charge in [0.15, 0.2) is 0 Å². The summed E-state index contributed by atoms with van der Waals surface area (Å²) >= 11 is 0. The number of carbonyl (C=O) groups is 1. The molecule has 0 bridgehead atoms. The van der Waals surface area contributed by atoms with Gasteiger partial charge in [-0.05, 0) is 6.42 Å². The minimum absolute atomic E-state index is 0.0295. The van der Waals surface area contributed by atoms with E-state index in [0.717, 1.165) is 0 Å². The van der Waals surface area contributed by atoms with Gasteiger partial charge >= 0.3 is 5.97 Å². The van der Waals surface area contributed by atoms with Crippen molar-refractivity contribution in [3.63, 3.8) is 0 Å². The van der Waals surface area contributed by atoms with E-state index in [-0.39, 0.29) is 6.42 Å². The van der Waals surface area contributed by atoms with Gasteiger partial charge < -0.3 is 35.4 Å². The zero-order valence-corrected chi connectivity index (χ0v) is 10.0. The molecule has 0 aliphatic carbocycles. The maximum atomic E-state index is 11.0. The third kappa shape index (κ3) is 5.25. The summed E-state index contributed by atoms with van der Waals surface area (Å²) in [7, 11) is 0. The molecule has 0 rings (SSSR count). The molecule has 0 aliphatic heterocycles. The van der Waals surface area contributed by atoms with Crippen LogP contribution in [-0.2, 0) is 9.53 Å². The summed E-state index contributed by atoms with van der Waals surface area (Å²) < 4.78 is 4.39. The molecule has 0 fully saturated rings. The highest BCUT2D eigenvalue weighted by Crippen LogP contribution is 2.10. The zero-order chi connectivity index (χ0) is 14.3. The van der Waals surface area contributed by atoms with Gasteiger partial charge in [0.25, 0.3) is 0 Å². The third-order valence-electron chi connectivity index (χ3n) is 2.28. The van der Waals surface area contributed by atoms with E-state index in [1.807, 2.05) is 0 Å². The number of aliphatic hydroxyl groups excluding tert-OH is 6. The van der Waals surface area contributed by atoms with Gasteiger partial charge in [0, 0.05) is 6.42 Å². The van der Waals surface area contributed by atoms with E-state index in [4.69, 9.17) is 10.2 Å². The highest BCUT2D eigenvalue weighted by atomic mass is 16.6. The first-order valence-electron chi connectivity index (χ1n) is 5.55. The average molecular weight is 268 g/mol. The first kappa shape index (κ1) is 17.2. The predicted octanol–water partition coefficient (Wildman–Crippen LogP) is -2.92. The van der Waals surface area contributed by atoms with E-state index in [1.54, 1.807) is 6.92 Å². The highest BCUT2D eigenvalue weighted by Gasteiger charge is 2.35. The lowest BCUT2D eigenvalue weighted by Crippen LogP contribution is -2.50. The van der Waals surface area contributed by atoms with Crippen LogP contribution in [0.1, 0.15) is 19.8 Å². The molecular weight excluding hydrogens is 248 g/mol. The van der Waals surface area contributed by atoms with E-state index >= 15 is 0 Å². The van der Waals surface area contributed by atoms with Crippen molar-refractivity contribution in [1.29, 1.82) is 0 Å². The van der Waals surface area contributed by atoms with Crippen LogP contribution >= 0.6 is 0 Å². The number of aliphatic hydroxyl groups is 6. The second kappa shape index (κ2) is 8.35. The molecule has 0 heterocycles. The van der Waals surface area contributed by atoms with Gasteiger partial charge in [0.2, 0.25) is 6.29 Å². The van der Waals surface area contributed by atoms with Crippen molar-refractivity contribution >= 4 is 5.97 Å². The van der Waals surface area contributed by atoms with Crippen LogP contribution in [0.3, 0.4) is 0 Å². The fraction of sp³-hybridized carbons (Fsp3) is 0.900. The molecule has 0 spiro atoms. The Labute approximate surface area is 104 Å². The van der Waals surface area contributed by atoms with Crippen molar-refractivity contribution in [1.82, 2.24) is 0 Å². The Bertz CT molecular complexity index is 246. The first-order valence-corrected chi connectivity index (χ1v) is 5.55. The maximum Gasteiger partial charge on any atom is 0.308 e. The summed E-state index contributed by atoms with van der Waals surface area (Å²) in [6.45, 7) is 0.872. The molecule has 6 N–H and O–H groups in total. The summed E-state index contributed by atoms with van der Waals surface area (Å²) in [6, 6.07) is 0. The molecule has 108 valence electrons. The molecule has 0 aromatic carbocycles. The molecule has 18 heavy (non-hydrogen) atoms. The van der Waals surface area contributed by atoms with E-state index in [0.29, 0.717) is 6.42 Å². The third-order valence-corrected chi connectivity index (χ3v) is 2.28. The van der Waals surface area contributed by atoms with E-state index in [2.05, 4.69) is 4.74 Å². The summed E-state index contributed by atoms with van der Waals surface area (Å²) in [6.07, 6.45) is -9.06. The number of esters is 1. The van der Waals surface area contributed by atoms with Crippen molar-refractivity contribution < 1.29 is 40.2 Å². The molecule has 8 nitrogen and oxygen atoms in total. The lowest BCUT2D eigenvalue weighted by Gasteiger charge is -2.27. The fourth-order valence-corrected chi connectivity index (χ4v) is 1.17. The van der Waals surface area contributed by atoms with Crippen molar-refractivity contribution in [2.24, 2.45) is 0 Å². The van der Waals surface area contributed by atoms with Gasteiger partial charge in [-0.15, -0.1) is 0 Å². The molecular formula is C10H20O8. The summed E-state index contributed by atoms with van der Waals surface area (Å²) in [5.41, 5.74) is 0. The standard InChI is InChI=1S/C10H20O8/c1-2-3-6(13)18-10(17)9(16)8(15)7(14)5(12)4-11/h5,7-12,14-17H,2-4H2,1H3/t5-,7-,8+,9-,10?/m1/s1. The van der Waals surface area contributed by atoms with E-state index in [1.165, 1.54) is 0 Å². The molecule has 8 heteroatoms. The summed E-state index contributed by atoms with van der Waals surface area (Å²) in [5.74, 6) is -0.770. The number of hydrogen-bond donors (Lipinski definition) is 6. The van der Waals surface area contributed by atoms with Crippen LogP contribution < -0.4 is 0 Å². The van der Waals surface area contributed by atoms with Gasteiger partial charge in [0.05, 0.1) is 6.61 Å². The van der Waals surface area contributed by atoms with Crippen molar-refractivity contribution in [2.45, 2.75) is 50.5 Å². The molecule has 0 aromatic rings. The monoisotopic (exact) mass is 268 g/mol. The summed E-state index contributed by atoms with van der Waals surface area (Å²) in [5, 5.41) is 54.9. The second-order valence-electron chi connectivity index (χ2n) is 3.85. The van der Waals surface area contributed by atoms with Crippen molar-refractivity contribution in [3.05, 3.63) is 0 Å². The van der Waals surface area contributed by atoms with Crippen molar-refractivity contribution in [2.75, 3.05) is 6.61 Å². The van der Waals surface area contributed by atoms with Crippen molar-refractivity contribution in [3.8, 4) is 0 Å². The molecule has 5 atom stereocenters. The number of ether oxygens (including phenoxy) is 1. The first-order chi connectivity index (χ1) is 8.34. The Morgan fingerprint density at radius 2 is 1.61 bits per heavy atom. The van der Waals surface area contributed by atoms with Crippen LogP contribution in [0.2, 0.25) is 0 Å². The normalized spacial score (nSPS) is 19.7. The van der Waals surface area contributed by atoms with Crippen LogP contribution in [0.4, 0.5) is 0 Å². The smallest absolute Gasteiger partial charge is 0.308 e. The Hall–Kier alpha value is -0.770. The molecule has 0 aromatic heterocycles. The van der Waals surface area contributed by atoms with Crippen LogP contribution in [0.5, 0.6) is 0 Å². The molecule has 0 aliphatic rings. The van der Waals surface area contributed by atoms with Crippen LogP contribution in [-0.4, -0.2) is 73.9 Å². The minimum Gasteiger partial charge on any atom is -0.433 e. The molecule has 0 saturated heterocycles. The van der Waals surface area contributed by atoms with Gasteiger partial charge in [-0.1, -0.05) is 6.92 Å². The Morgan fingerprint density at radius 1 is 1.06 bits per heavy atom. The topological polar surface area (TPSA) is 148 Å². The molecule has 0 amide bonds.